The van der Waals surface area contributed by atoms with Gasteiger partial charge in [0.15, 0.2) is 5.58 Å². The summed E-state index contributed by atoms with van der Waals surface area (Å²) in [6, 6.07) is 12.4. The minimum Gasteiger partial charge on any atom is -0.423 e. The van der Waals surface area contributed by atoms with E-state index in [-0.39, 0.29) is 0 Å². The van der Waals surface area contributed by atoms with E-state index in [0.29, 0.717) is 17.3 Å². The van der Waals surface area contributed by atoms with Crippen molar-refractivity contribution in [2.75, 3.05) is 11.1 Å². The van der Waals surface area contributed by atoms with E-state index < -0.39 is 0 Å². The van der Waals surface area contributed by atoms with Crippen LogP contribution in [0.1, 0.15) is 24.0 Å². The van der Waals surface area contributed by atoms with Crippen LogP contribution in [-0.2, 0) is 12.8 Å². The van der Waals surface area contributed by atoms with E-state index in [1.165, 1.54) is 24.0 Å². The first-order valence-electron chi connectivity index (χ1n) is 7.33. The molecule has 0 bridgehead atoms. The molecule has 0 fully saturated rings. The first-order chi connectivity index (χ1) is 10.3. The van der Waals surface area contributed by atoms with Crippen LogP contribution in [-0.4, -0.2) is 4.98 Å². The van der Waals surface area contributed by atoms with Crippen LogP contribution in [0.5, 0.6) is 0 Å². The topological polar surface area (TPSA) is 64.1 Å². The van der Waals surface area contributed by atoms with Crippen LogP contribution < -0.4 is 11.1 Å². The normalized spacial score (nSPS) is 14.1. The molecule has 4 nitrogen and oxygen atoms in total. The molecule has 0 atom stereocenters. The number of aryl methyl sites for hydroxylation is 1. The maximum Gasteiger partial charge on any atom is 0.300 e. The molecule has 3 N–H and O–H groups in total. The molecule has 1 aromatic heterocycles. The third-order valence-corrected chi connectivity index (χ3v) is 4.05. The summed E-state index contributed by atoms with van der Waals surface area (Å²) >= 11 is 0. The monoisotopic (exact) mass is 279 g/mol. The van der Waals surface area contributed by atoms with Crippen molar-refractivity contribution in [3.63, 3.8) is 0 Å². The number of fused-ring (bicyclic) bond motifs is 2. The van der Waals surface area contributed by atoms with Crippen LogP contribution in [0.15, 0.2) is 40.8 Å². The number of nitrogens with one attached hydrogen (secondary N) is 1. The van der Waals surface area contributed by atoms with Crippen molar-refractivity contribution in [1.29, 1.82) is 0 Å². The molecule has 4 rings (SSSR count). The summed E-state index contributed by atoms with van der Waals surface area (Å²) in [6.45, 7) is 0. The number of oxazole rings is 1. The van der Waals surface area contributed by atoms with Gasteiger partial charge in [0, 0.05) is 17.4 Å². The molecule has 0 amide bonds. The van der Waals surface area contributed by atoms with E-state index >= 15 is 0 Å². The van der Waals surface area contributed by atoms with Gasteiger partial charge < -0.3 is 15.5 Å². The van der Waals surface area contributed by atoms with Crippen LogP contribution in [0.4, 0.5) is 17.4 Å². The Hall–Kier alpha value is -2.49. The highest BCUT2D eigenvalue weighted by atomic mass is 16.4. The van der Waals surface area contributed by atoms with Gasteiger partial charge in [-0.15, -0.1) is 0 Å². The number of benzene rings is 2. The maximum atomic E-state index is 5.77. The second-order valence-electron chi connectivity index (χ2n) is 5.52. The minimum absolute atomic E-state index is 0.523. The molecule has 0 unspecified atom stereocenters. The summed E-state index contributed by atoms with van der Waals surface area (Å²) in [5.74, 6) is 0. The Labute approximate surface area is 123 Å². The van der Waals surface area contributed by atoms with E-state index in [1.807, 2.05) is 12.1 Å². The van der Waals surface area contributed by atoms with Crippen molar-refractivity contribution >= 4 is 28.5 Å². The Morgan fingerprint density at radius 2 is 2.00 bits per heavy atom. The molecule has 0 saturated carbocycles. The molecule has 21 heavy (non-hydrogen) atoms. The lowest BCUT2D eigenvalue weighted by Gasteiger charge is -2.18. The Morgan fingerprint density at radius 3 is 2.95 bits per heavy atom. The number of rotatable bonds is 2. The number of nitrogens with zero attached hydrogens (tertiary/aromatic N) is 1. The van der Waals surface area contributed by atoms with Crippen molar-refractivity contribution in [2.24, 2.45) is 0 Å². The highest BCUT2D eigenvalue weighted by molar-refractivity contribution is 5.79. The Balaban J connectivity index is 1.71. The van der Waals surface area contributed by atoms with Gasteiger partial charge in [0.1, 0.15) is 5.52 Å². The zero-order valence-electron chi connectivity index (χ0n) is 11.7. The summed E-state index contributed by atoms with van der Waals surface area (Å²) in [6.07, 6.45) is 4.80. The number of nitrogen functional groups attached to an aromatic ring is 1. The molecule has 1 heterocycles. The van der Waals surface area contributed by atoms with Gasteiger partial charge in [-0.3, -0.25) is 0 Å². The number of hydrogen-bond donors (Lipinski definition) is 2. The highest BCUT2D eigenvalue weighted by Crippen LogP contribution is 2.31. The quantitative estimate of drug-likeness (QED) is 0.695. The molecule has 2 aromatic carbocycles. The largest absolute Gasteiger partial charge is 0.423 e. The first kappa shape index (κ1) is 12.3. The van der Waals surface area contributed by atoms with Gasteiger partial charge in [0.05, 0.1) is 0 Å². The number of hydrogen-bond acceptors (Lipinski definition) is 4. The Morgan fingerprint density at radius 1 is 1.10 bits per heavy atom. The van der Waals surface area contributed by atoms with Crippen molar-refractivity contribution in [3.8, 4) is 0 Å². The lowest BCUT2D eigenvalue weighted by Crippen LogP contribution is -2.06. The predicted molar refractivity (Wildman–Crippen MR) is 84.8 cm³/mol. The molecule has 0 saturated heterocycles. The molecule has 1 aliphatic rings. The van der Waals surface area contributed by atoms with Crippen LogP contribution in [0.3, 0.4) is 0 Å². The molecule has 4 heteroatoms. The van der Waals surface area contributed by atoms with Gasteiger partial charge in [-0.1, -0.05) is 12.1 Å². The predicted octanol–water partition coefficient (Wildman–Crippen LogP) is 4.03. The molecule has 106 valence electrons. The van der Waals surface area contributed by atoms with Crippen LogP contribution in [0.25, 0.3) is 11.1 Å². The average molecular weight is 279 g/mol. The number of aromatic nitrogens is 1. The third kappa shape index (κ3) is 2.23. The van der Waals surface area contributed by atoms with E-state index in [2.05, 4.69) is 28.5 Å². The molecule has 1 aliphatic carbocycles. The van der Waals surface area contributed by atoms with E-state index in [4.69, 9.17) is 10.2 Å². The fourth-order valence-corrected chi connectivity index (χ4v) is 3.01. The maximum absolute atomic E-state index is 5.77. The van der Waals surface area contributed by atoms with Crippen LogP contribution >= 0.6 is 0 Å². The van der Waals surface area contributed by atoms with E-state index in [9.17, 15) is 0 Å². The SMILES string of the molecule is Nc1ccc2nc(Nc3cccc4c3CCCC4)oc2c1. The summed E-state index contributed by atoms with van der Waals surface area (Å²) in [4.78, 5) is 4.46. The average Bonchev–Trinajstić information content (AvgIpc) is 2.89. The second-order valence-corrected chi connectivity index (χ2v) is 5.52. The third-order valence-electron chi connectivity index (χ3n) is 4.05. The number of nitrogens with two attached hydrogens (primary N) is 1. The van der Waals surface area contributed by atoms with Crippen LogP contribution in [0, 0.1) is 0 Å². The molecular weight excluding hydrogens is 262 g/mol. The van der Waals surface area contributed by atoms with Crippen molar-refractivity contribution < 1.29 is 4.42 Å². The Bertz CT molecular complexity index is 807. The molecule has 0 spiro atoms. The van der Waals surface area contributed by atoms with Crippen molar-refractivity contribution in [3.05, 3.63) is 47.5 Å². The lowest BCUT2D eigenvalue weighted by atomic mass is 9.90. The summed E-state index contributed by atoms with van der Waals surface area (Å²) in [5.41, 5.74) is 11.9. The van der Waals surface area contributed by atoms with Gasteiger partial charge in [0.2, 0.25) is 0 Å². The summed E-state index contributed by atoms with van der Waals surface area (Å²) in [5, 5.41) is 3.32. The van der Waals surface area contributed by atoms with Crippen molar-refractivity contribution in [1.82, 2.24) is 4.98 Å². The molecule has 0 aliphatic heterocycles. The lowest BCUT2D eigenvalue weighted by molar-refractivity contribution is 0.622. The molecule has 0 radical (unpaired) electrons. The Kier molecular flexibility index (Phi) is 2.81. The molecular formula is C17H17N3O. The summed E-state index contributed by atoms with van der Waals surface area (Å²) in [7, 11) is 0. The standard InChI is InChI=1S/C17H17N3O/c18-12-8-9-15-16(10-12)21-17(20-15)19-14-7-3-5-11-4-1-2-6-13(11)14/h3,5,7-10H,1-2,4,6,18H2,(H,19,20). The first-order valence-corrected chi connectivity index (χ1v) is 7.33. The number of anilines is 3. The van der Waals surface area contributed by atoms with Gasteiger partial charge in [0.25, 0.3) is 6.01 Å². The van der Waals surface area contributed by atoms with Gasteiger partial charge in [-0.2, -0.15) is 4.98 Å². The van der Waals surface area contributed by atoms with Gasteiger partial charge in [-0.25, -0.2) is 0 Å². The van der Waals surface area contributed by atoms with Crippen LogP contribution in [0.2, 0.25) is 0 Å². The highest BCUT2D eigenvalue weighted by Gasteiger charge is 2.14. The van der Waals surface area contributed by atoms with E-state index in [1.54, 1.807) is 6.07 Å². The fourth-order valence-electron chi connectivity index (χ4n) is 3.01. The zero-order valence-corrected chi connectivity index (χ0v) is 11.7. The van der Waals surface area contributed by atoms with Gasteiger partial charge >= 0.3 is 0 Å². The summed E-state index contributed by atoms with van der Waals surface area (Å²) < 4.78 is 5.74. The van der Waals surface area contributed by atoms with E-state index in [0.717, 1.165) is 24.0 Å². The zero-order chi connectivity index (χ0) is 14.2. The van der Waals surface area contributed by atoms with Crippen molar-refractivity contribution in [2.45, 2.75) is 25.7 Å². The van der Waals surface area contributed by atoms with Gasteiger partial charge in [-0.05, 0) is 55.0 Å². The second kappa shape index (κ2) is 4.81. The molecule has 3 aromatic rings. The minimum atomic E-state index is 0.523. The smallest absolute Gasteiger partial charge is 0.300 e. The fraction of sp³-hybridized carbons (Fsp3) is 0.235.